The van der Waals surface area contributed by atoms with Gasteiger partial charge < -0.3 is 5.32 Å². The monoisotopic (exact) mass is 135 g/mol. The molecule has 0 radical (unpaired) electrons. The molecule has 3 heteroatoms. The highest BCUT2D eigenvalue weighted by molar-refractivity contribution is 5.44. The van der Waals surface area contributed by atoms with Crippen molar-refractivity contribution in [3.63, 3.8) is 0 Å². The molecule has 0 saturated carbocycles. The van der Waals surface area contributed by atoms with Crippen LogP contribution in [0.4, 0.5) is 0 Å². The van der Waals surface area contributed by atoms with E-state index in [0.29, 0.717) is 0 Å². The van der Waals surface area contributed by atoms with E-state index in [9.17, 15) is 0 Å². The molecule has 1 aliphatic rings. The van der Waals surface area contributed by atoms with Crippen LogP contribution < -0.4 is 5.32 Å². The molecule has 3 nitrogen and oxygen atoms in total. The molecule has 0 saturated heterocycles. The van der Waals surface area contributed by atoms with E-state index in [1.54, 1.807) is 0 Å². The molecule has 0 bridgehead atoms. The molecule has 0 aliphatic carbocycles. The minimum atomic E-state index is 0.954. The first kappa shape index (κ1) is 5.53. The van der Waals surface area contributed by atoms with E-state index in [1.807, 2.05) is 29.2 Å². The van der Waals surface area contributed by atoms with E-state index in [2.05, 4.69) is 10.4 Å². The molecule has 2 rings (SSSR count). The minimum absolute atomic E-state index is 0.954. The fourth-order valence-electron chi connectivity index (χ4n) is 1.07. The van der Waals surface area contributed by atoms with Gasteiger partial charge in [-0.3, -0.25) is 4.68 Å². The van der Waals surface area contributed by atoms with Gasteiger partial charge in [0, 0.05) is 12.7 Å². The Bertz CT molecular complexity index is 249. The maximum Gasteiger partial charge on any atom is 0.0625 e. The van der Waals surface area contributed by atoms with Crippen molar-refractivity contribution in [3.8, 4) is 0 Å². The van der Waals surface area contributed by atoms with E-state index in [-0.39, 0.29) is 0 Å². The number of aromatic nitrogens is 2. The Labute approximate surface area is 59.4 Å². The topological polar surface area (TPSA) is 29.9 Å². The van der Waals surface area contributed by atoms with Crippen molar-refractivity contribution in [3.05, 3.63) is 24.2 Å². The van der Waals surface area contributed by atoms with Gasteiger partial charge in [-0.15, -0.1) is 0 Å². The summed E-state index contributed by atoms with van der Waals surface area (Å²) in [6, 6.07) is 2.00. The Hall–Kier alpha value is -1.25. The van der Waals surface area contributed by atoms with Crippen LogP contribution in [0, 0.1) is 0 Å². The lowest BCUT2D eigenvalue weighted by Gasteiger charge is -1.98. The second-order valence-corrected chi connectivity index (χ2v) is 2.27. The molecular formula is C7H9N3. The zero-order valence-corrected chi connectivity index (χ0v) is 5.62. The Balaban J connectivity index is 2.42. The van der Waals surface area contributed by atoms with Crippen LogP contribution in [-0.2, 0) is 6.54 Å². The number of nitrogens with one attached hydrogen (secondary N) is 1. The van der Waals surface area contributed by atoms with Crippen LogP contribution in [0.2, 0.25) is 0 Å². The standard InChI is InChI=1S/C7H9N3/c1-3-8-5-6-10-7(1)2-4-9-10/h1-4,8H,5-6H2. The Kier molecular flexibility index (Phi) is 1.20. The average molecular weight is 135 g/mol. The maximum absolute atomic E-state index is 4.14. The molecule has 0 atom stereocenters. The number of nitrogens with zero attached hydrogens (tertiary/aromatic N) is 2. The molecule has 1 aromatic heterocycles. The predicted molar refractivity (Wildman–Crippen MR) is 39.3 cm³/mol. The Morgan fingerprint density at radius 3 is 3.60 bits per heavy atom. The van der Waals surface area contributed by atoms with Crippen LogP contribution in [0.1, 0.15) is 5.69 Å². The van der Waals surface area contributed by atoms with E-state index < -0.39 is 0 Å². The van der Waals surface area contributed by atoms with Crippen LogP contribution in [0.5, 0.6) is 0 Å². The van der Waals surface area contributed by atoms with Crippen molar-refractivity contribution >= 4 is 6.08 Å². The van der Waals surface area contributed by atoms with Gasteiger partial charge in [0.1, 0.15) is 0 Å². The maximum atomic E-state index is 4.14. The van der Waals surface area contributed by atoms with Crippen molar-refractivity contribution in [2.24, 2.45) is 0 Å². The summed E-state index contributed by atoms with van der Waals surface area (Å²) in [6.45, 7) is 1.92. The largest absolute Gasteiger partial charge is 0.389 e. The third-order valence-corrected chi connectivity index (χ3v) is 1.59. The van der Waals surface area contributed by atoms with Crippen LogP contribution in [0.25, 0.3) is 6.08 Å². The van der Waals surface area contributed by atoms with Crippen molar-refractivity contribution in [1.29, 1.82) is 0 Å². The Morgan fingerprint density at radius 2 is 2.60 bits per heavy atom. The summed E-state index contributed by atoms with van der Waals surface area (Å²) in [6.07, 6.45) is 5.81. The second-order valence-electron chi connectivity index (χ2n) is 2.27. The highest BCUT2D eigenvalue weighted by atomic mass is 15.3. The quantitative estimate of drug-likeness (QED) is 0.560. The third-order valence-electron chi connectivity index (χ3n) is 1.59. The van der Waals surface area contributed by atoms with E-state index in [0.717, 1.165) is 13.1 Å². The van der Waals surface area contributed by atoms with E-state index in [1.165, 1.54) is 5.69 Å². The van der Waals surface area contributed by atoms with Gasteiger partial charge in [0.2, 0.25) is 0 Å². The summed E-state index contributed by atoms with van der Waals surface area (Å²) in [4.78, 5) is 0. The molecule has 2 heterocycles. The van der Waals surface area contributed by atoms with Crippen molar-refractivity contribution in [2.45, 2.75) is 6.54 Å². The number of hydrogen-bond acceptors (Lipinski definition) is 2. The Morgan fingerprint density at radius 1 is 1.60 bits per heavy atom. The van der Waals surface area contributed by atoms with E-state index in [4.69, 9.17) is 0 Å². The summed E-state index contributed by atoms with van der Waals surface area (Å²) >= 11 is 0. The van der Waals surface area contributed by atoms with E-state index >= 15 is 0 Å². The molecule has 52 valence electrons. The van der Waals surface area contributed by atoms with Gasteiger partial charge in [-0.1, -0.05) is 0 Å². The summed E-state index contributed by atoms with van der Waals surface area (Å²) in [5.74, 6) is 0. The van der Waals surface area contributed by atoms with Crippen LogP contribution in [0.15, 0.2) is 18.5 Å². The SMILES string of the molecule is C1=Cc2ccnn2CCN1. The lowest BCUT2D eigenvalue weighted by atomic mass is 10.4. The smallest absolute Gasteiger partial charge is 0.0625 e. The molecule has 0 unspecified atom stereocenters. The van der Waals surface area contributed by atoms with Gasteiger partial charge in [0.25, 0.3) is 0 Å². The molecule has 1 N–H and O–H groups in total. The zero-order chi connectivity index (χ0) is 6.81. The van der Waals surface area contributed by atoms with Crippen LogP contribution in [0.3, 0.4) is 0 Å². The molecular weight excluding hydrogens is 126 g/mol. The van der Waals surface area contributed by atoms with Crippen LogP contribution >= 0.6 is 0 Å². The molecule has 0 aromatic carbocycles. The number of rotatable bonds is 0. The van der Waals surface area contributed by atoms with Gasteiger partial charge in [-0.05, 0) is 18.3 Å². The third kappa shape index (κ3) is 0.795. The van der Waals surface area contributed by atoms with Crippen molar-refractivity contribution in [2.75, 3.05) is 6.54 Å². The molecule has 0 spiro atoms. The first-order valence-electron chi connectivity index (χ1n) is 3.38. The molecule has 10 heavy (non-hydrogen) atoms. The summed E-state index contributed by atoms with van der Waals surface area (Å²) < 4.78 is 1.98. The van der Waals surface area contributed by atoms with Crippen molar-refractivity contribution < 1.29 is 0 Å². The fourth-order valence-corrected chi connectivity index (χ4v) is 1.07. The molecule has 0 fully saturated rings. The summed E-state index contributed by atoms with van der Waals surface area (Å²) in [5.41, 5.74) is 1.17. The minimum Gasteiger partial charge on any atom is -0.389 e. The van der Waals surface area contributed by atoms with Gasteiger partial charge >= 0.3 is 0 Å². The summed E-state index contributed by atoms with van der Waals surface area (Å²) in [5, 5.41) is 7.28. The lowest BCUT2D eigenvalue weighted by molar-refractivity contribution is 0.599. The summed E-state index contributed by atoms with van der Waals surface area (Å²) in [7, 11) is 0. The van der Waals surface area contributed by atoms with Gasteiger partial charge in [-0.2, -0.15) is 5.10 Å². The van der Waals surface area contributed by atoms with Gasteiger partial charge in [0.05, 0.1) is 12.2 Å². The van der Waals surface area contributed by atoms with Crippen LogP contribution in [-0.4, -0.2) is 16.3 Å². The highest BCUT2D eigenvalue weighted by Gasteiger charge is 1.99. The second kappa shape index (κ2) is 2.17. The average Bonchev–Trinajstić information content (AvgIpc) is 2.28. The predicted octanol–water partition coefficient (Wildman–Crippen LogP) is 0.457. The first-order valence-corrected chi connectivity index (χ1v) is 3.38. The first-order chi connectivity index (χ1) is 4.97. The molecule has 1 aliphatic heterocycles. The van der Waals surface area contributed by atoms with Gasteiger partial charge in [-0.25, -0.2) is 0 Å². The zero-order valence-electron chi connectivity index (χ0n) is 5.62. The number of fused-ring (bicyclic) bond motifs is 1. The number of hydrogen-bond donors (Lipinski definition) is 1. The molecule has 0 amide bonds. The highest BCUT2D eigenvalue weighted by Crippen LogP contribution is 2.02. The fraction of sp³-hybridized carbons (Fsp3) is 0.286. The normalized spacial score (nSPS) is 15.6. The lowest BCUT2D eigenvalue weighted by Crippen LogP contribution is -2.12. The van der Waals surface area contributed by atoms with Crippen molar-refractivity contribution in [1.82, 2.24) is 15.1 Å². The van der Waals surface area contributed by atoms with Gasteiger partial charge in [0.15, 0.2) is 0 Å². The molecule has 1 aromatic rings.